The molecular formula is C15H18FN3. The molecule has 1 aliphatic heterocycles. The Morgan fingerprint density at radius 2 is 2.05 bits per heavy atom. The third kappa shape index (κ3) is 2.16. The smallest absolute Gasteiger partial charge is 0.123 e. The SMILES string of the molecule is Cc1nn(C)c(C2CCCN2)c1-c1ccc(F)cc1. The van der Waals surface area contributed by atoms with E-state index in [2.05, 4.69) is 10.4 Å². The van der Waals surface area contributed by atoms with Crippen LogP contribution in [0.3, 0.4) is 0 Å². The van der Waals surface area contributed by atoms with Crippen molar-refractivity contribution in [3.63, 3.8) is 0 Å². The summed E-state index contributed by atoms with van der Waals surface area (Å²) in [6.07, 6.45) is 2.32. The van der Waals surface area contributed by atoms with Gasteiger partial charge in [-0.2, -0.15) is 5.10 Å². The lowest BCUT2D eigenvalue weighted by atomic mass is 9.99. The van der Waals surface area contributed by atoms with E-state index in [4.69, 9.17) is 0 Å². The number of nitrogens with one attached hydrogen (secondary N) is 1. The molecule has 1 saturated heterocycles. The van der Waals surface area contributed by atoms with Gasteiger partial charge in [-0.1, -0.05) is 12.1 Å². The summed E-state index contributed by atoms with van der Waals surface area (Å²) in [5.41, 5.74) is 4.39. The number of halogens is 1. The topological polar surface area (TPSA) is 29.9 Å². The maximum Gasteiger partial charge on any atom is 0.123 e. The van der Waals surface area contributed by atoms with Crippen LogP contribution in [0.15, 0.2) is 24.3 Å². The van der Waals surface area contributed by atoms with Gasteiger partial charge >= 0.3 is 0 Å². The van der Waals surface area contributed by atoms with Gasteiger partial charge in [-0.15, -0.1) is 0 Å². The van der Waals surface area contributed by atoms with E-state index < -0.39 is 0 Å². The number of nitrogens with zero attached hydrogens (tertiary/aromatic N) is 2. The van der Waals surface area contributed by atoms with Gasteiger partial charge in [0.15, 0.2) is 0 Å². The molecule has 1 N–H and O–H groups in total. The van der Waals surface area contributed by atoms with Crippen molar-refractivity contribution in [2.24, 2.45) is 7.05 Å². The van der Waals surface area contributed by atoms with Crippen LogP contribution in [0.25, 0.3) is 11.1 Å². The first-order valence-electron chi connectivity index (χ1n) is 6.69. The van der Waals surface area contributed by atoms with E-state index in [0.29, 0.717) is 6.04 Å². The summed E-state index contributed by atoms with van der Waals surface area (Å²) < 4.78 is 15.0. The van der Waals surface area contributed by atoms with Crippen molar-refractivity contribution >= 4 is 0 Å². The molecule has 19 heavy (non-hydrogen) atoms. The highest BCUT2D eigenvalue weighted by Crippen LogP contribution is 2.34. The number of hydrogen-bond acceptors (Lipinski definition) is 2. The van der Waals surface area contributed by atoms with Gasteiger partial charge in [0.25, 0.3) is 0 Å². The number of aromatic nitrogens is 2. The summed E-state index contributed by atoms with van der Waals surface area (Å²) in [6, 6.07) is 7.03. The van der Waals surface area contributed by atoms with Crippen molar-refractivity contribution in [3.05, 3.63) is 41.5 Å². The van der Waals surface area contributed by atoms with Gasteiger partial charge < -0.3 is 5.32 Å². The molecule has 0 spiro atoms. The van der Waals surface area contributed by atoms with Gasteiger partial charge in [0.05, 0.1) is 11.4 Å². The molecule has 0 amide bonds. The first-order chi connectivity index (χ1) is 9.16. The summed E-state index contributed by atoms with van der Waals surface area (Å²) in [5.74, 6) is -0.203. The summed E-state index contributed by atoms with van der Waals surface area (Å²) in [6.45, 7) is 3.06. The zero-order chi connectivity index (χ0) is 13.4. The lowest BCUT2D eigenvalue weighted by Crippen LogP contribution is -2.17. The predicted molar refractivity (Wildman–Crippen MR) is 73.3 cm³/mol. The highest BCUT2D eigenvalue weighted by atomic mass is 19.1. The van der Waals surface area contributed by atoms with Crippen LogP contribution < -0.4 is 5.32 Å². The zero-order valence-corrected chi connectivity index (χ0v) is 11.3. The van der Waals surface area contributed by atoms with Crippen LogP contribution >= 0.6 is 0 Å². The Labute approximate surface area is 112 Å². The molecule has 0 saturated carbocycles. The Morgan fingerprint density at radius 3 is 2.68 bits per heavy atom. The monoisotopic (exact) mass is 259 g/mol. The number of rotatable bonds is 2. The third-order valence-electron chi connectivity index (χ3n) is 3.79. The Hall–Kier alpha value is -1.68. The Morgan fingerprint density at radius 1 is 1.32 bits per heavy atom. The second-order valence-corrected chi connectivity index (χ2v) is 5.13. The minimum Gasteiger partial charge on any atom is -0.309 e. The highest BCUT2D eigenvalue weighted by Gasteiger charge is 2.25. The molecule has 0 radical (unpaired) electrons. The van der Waals surface area contributed by atoms with Crippen molar-refractivity contribution in [2.75, 3.05) is 6.54 Å². The van der Waals surface area contributed by atoms with Gasteiger partial charge in [0.1, 0.15) is 5.82 Å². The van der Waals surface area contributed by atoms with Gasteiger partial charge in [0.2, 0.25) is 0 Å². The van der Waals surface area contributed by atoms with E-state index in [1.165, 1.54) is 24.2 Å². The normalized spacial score (nSPS) is 19.0. The quantitative estimate of drug-likeness (QED) is 0.898. The molecule has 3 nitrogen and oxygen atoms in total. The Balaban J connectivity index is 2.11. The summed E-state index contributed by atoms with van der Waals surface area (Å²) >= 11 is 0. The van der Waals surface area contributed by atoms with E-state index in [1.54, 1.807) is 0 Å². The first kappa shape index (κ1) is 12.4. The van der Waals surface area contributed by atoms with Crippen molar-refractivity contribution in [1.29, 1.82) is 0 Å². The molecule has 1 fully saturated rings. The molecule has 4 heteroatoms. The van der Waals surface area contributed by atoms with Crippen LogP contribution in [0.2, 0.25) is 0 Å². The molecule has 1 aromatic heterocycles. The lowest BCUT2D eigenvalue weighted by molar-refractivity contribution is 0.574. The average Bonchev–Trinajstić information content (AvgIpc) is 2.98. The van der Waals surface area contributed by atoms with Crippen molar-refractivity contribution in [1.82, 2.24) is 15.1 Å². The fraction of sp³-hybridized carbons (Fsp3) is 0.400. The molecule has 2 heterocycles. The maximum atomic E-state index is 13.1. The Bertz CT molecular complexity index is 580. The van der Waals surface area contributed by atoms with Crippen molar-refractivity contribution < 1.29 is 4.39 Å². The summed E-state index contributed by atoms with van der Waals surface area (Å²) in [5, 5.41) is 8.05. The van der Waals surface area contributed by atoms with Gasteiger partial charge in [-0.25, -0.2) is 4.39 Å². The van der Waals surface area contributed by atoms with E-state index in [-0.39, 0.29) is 5.82 Å². The molecule has 1 aromatic carbocycles. The number of benzene rings is 1. The van der Waals surface area contributed by atoms with Crippen LogP contribution in [0.1, 0.15) is 30.3 Å². The Kier molecular flexibility index (Phi) is 3.11. The molecule has 1 aliphatic rings. The standard InChI is InChI=1S/C15H18FN3/c1-10-14(11-5-7-12(16)8-6-11)15(19(2)18-10)13-4-3-9-17-13/h5-8,13,17H,3-4,9H2,1-2H3. The fourth-order valence-electron chi connectivity index (χ4n) is 2.97. The number of hydrogen-bond donors (Lipinski definition) is 1. The van der Waals surface area contributed by atoms with Crippen molar-refractivity contribution in [2.45, 2.75) is 25.8 Å². The highest BCUT2D eigenvalue weighted by molar-refractivity contribution is 5.69. The zero-order valence-electron chi connectivity index (χ0n) is 11.3. The van der Waals surface area contributed by atoms with Crippen LogP contribution in [0, 0.1) is 12.7 Å². The van der Waals surface area contributed by atoms with Gasteiger partial charge in [-0.05, 0) is 44.0 Å². The largest absolute Gasteiger partial charge is 0.309 e. The molecular weight excluding hydrogens is 241 g/mol. The average molecular weight is 259 g/mol. The summed E-state index contributed by atoms with van der Waals surface area (Å²) in [4.78, 5) is 0. The molecule has 100 valence electrons. The van der Waals surface area contributed by atoms with Crippen molar-refractivity contribution in [3.8, 4) is 11.1 Å². The lowest BCUT2D eigenvalue weighted by Gasteiger charge is -2.14. The molecule has 0 bridgehead atoms. The maximum absolute atomic E-state index is 13.1. The van der Waals surface area contributed by atoms with Gasteiger partial charge in [-0.3, -0.25) is 4.68 Å². The molecule has 1 unspecified atom stereocenters. The first-order valence-corrected chi connectivity index (χ1v) is 6.69. The van der Waals surface area contributed by atoms with Gasteiger partial charge in [0, 0.05) is 18.7 Å². The van der Waals surface area contributed by atoms with Crippen LogP contribution in [0.4, 0.5) is 4.39 Å². The fourth-order valence-corrected chi connectivity index (χ4v) is 2.97. The van der Waals surface area contributed by atoms with E-state index in [1.807, 2.05) is 30.8 Å². The molecule has 0 aliphatic carbocycles. The molecule has 1 atom stereocenters. The number of aryl methyl sites for hydroxylation is 2. The second-order valence-electron chi connectivity index (χ2n) is 5.13. The second kappa shape index (κ2) is 4.78. The predicted octanol–water partition coefficient (Wildman–Crippen LogP) is 2.96. The van der Waals surface area contributed by atoms with Crippen LogP contribution in [-0.4, -0.2) is 16.3 Å². The molecule has 2 aromatic rings. The molecule has 3 rings (SSSR count). The minimum absolute atomic E-state index is 0.203. The van der Waals surface area contributed by atoms with E-state index >= 15 is 0 Å². The van der Waals surface area contributed by atoms with Crippen LogP contribution in [-0.2, 0) is 7.05 Å². The van der Waals surface area contributed by atoms with Crippen LogP contribution in [0.5, 0.6) is 0 Å². The van der Waals surface area contributed by atoms with E-state index in [9.17, 15) is 4.39 Å². The third-order valence-corrected chi connectivity index (χ3v) is 3.79. The van der Waals surface area contributed by atoms with E-state index in [0.717, 1.165) is 29.8 Å². The summed E-state index contributed by atoms with van der Waals surface area (Å²) in [7, 11) is 1.98. The minimum atomic E-state index is -0.203.